The van der Waals surface area contributed by atoms with Crippen LogP contribution in [-0.2, 0) is 6.42 Å². The summed E-state index contributed by atoms with van der Waals surface area (Å²) < 4.78 is 5.66. The lowest BCUT2D eigenvalue weighted by molar-refractivity contribution is 0.243. The first kappa shape index (κ1) is 14.4. The second-order valence-electron chi connectivity index (χ2n) is 5.57. The molecule has 0 fully saturated rings. The van der Waals surface area contributed by atoms with Crippen LogP contribution in [0.4, 0.5) is 0 Å². The molecule has 0 amide bonds. The quantitative estimate of drug-likeness (QED) is 0.365. The van der Waals surface area contributed by atoms with Crippen molar-refractivity contribution in [2.45, 2.75) is 33.6 Å². The SMILES string of the molecule is CC(C)(C)CCOc1ccc(C/C(N)=N/O)cc1. The van der Waals surface area contributed by atoms with E-state index in [1.54, 1.807) is 0 Å². The molecule has 3 N–H and O–H groups in total. The highest BCUT2D eigenvalue weighted by atomic mass is 16.5. The van der Waals surface area contributed by atoms with Gasteiger partial charge < -0.3 is 15.7 Å². The molecule has 0 spiro atoms. The molecule has 0 aliphatic heterocycles. The molecule has 1 rings (SSSR count). The summed E-state index contributed by atoms with van der Waals surface area (Å²) >= 11 is 0. The predicted molar refractivity (Wildman–Crippen MR) is 73.1 cm³/mol. The first-order valence-corrected chi connectivity index (χ1v) is 6.09. The third kappa shape index (κ3) is 5.57. The van der Waals surface area contributed by atoms with Crippen LogP contribution in [0, 0.1) is 5.41 Å². The molecule has 0 heterocycles. The highest BCUT2D eigenvalue weighted by Crippen LogP contribution is 2.19. The third-order valence-electron chi connectivity index (χ3n) is 2.56. The van der Waals surface area contributed by atoms with E-state index < -0.39 is 0 Å². The van der Waals surface area contributed by atoms with Gasteiger partial charge >= 0.3 is 0 Å². The van der Waals surface area contributed by atoms with Crippen molar-refractivity contribution in [3.05, 3.63) is 29.8 Å². The molecule has 0 saturated heterocycles. The fourth-order valence-electron chi connectivity index (χ4n) is 1.42. The van der Waals surface area contributed by atoms with Crippen LogP contribution in [0.2, 0.25) is 0 Å². The van der Waals surface area contributed by atoms with Gasteiger partial charge in [-0.15, -0.1) is 0 Å². The van der Waals surface area contributed by atoms with Gasteiger partial charge in [-0.2, -0.15) is 0 Å². The molecule has 1 aromatic rings. The van der Waals surface area contributed by atoms with Crippen molar-refractivity contribution in [3.63, 3.8) is 0 Å². The predicted octanol–water partition coefficient (Wildman–Crippen LogP) is 2.79. The first-order valence-electron chi connectivity index (χ1n) is 6.09. The fraction of sp³-hybridized carbons (Fsp3) is 0.500. The lowest BCUT2D eigenvalue weighted by Gasteiger charge is -2.18. The Balaban J connectivity index is 2.45. The molecule has 18 heavy (non-hydrogen) atoms. The molecule has 0 aromatic heterocycles. The van der Waals surface area contributed by atoms with Crippen LogP contribution < -0.4 is 10.5 Å². The zero-order valence-corrected chi connectivity index (χ0v) is 11.3. The van der Waals surface area contributed by atoms with Crippen LogP contribution in [0.25, 0.3) is 0 Å². The van der Waals surface area contributed by atoms with E-state index in [9.17, 15) is 0 Å². The van der Waals surface area contributed by atoms with Gasteiger partial charge in [-0.05, 0) is 29.5 Å². The largest absolute Gasteiger partial charge is 0.494 e. The highest BCUT2D eigenvalue weighted by molar-refractivity contribution is 5.82. The lowest BCUT2D eigenvalue weighted by atomic mass is 9.93. The lowest BCUT2D eigenvalue weighted by Crippen LogP contribution is -2.14. The fourth-order valence-corrected chi connectivity index (χ4v) is 1.42. The standard InChI is InChI=1S/C14H22N2O2/c1-14(2,3)8-9-18-12-6-4-11(5-7-12)10-13(15)16-17/h4-7,17H,8-10H2,1-3H3,(H2,15,16). The number of nitrogens with zero attached hydrogens (tertiary/aromatic N) is 1. The third-order valence-corrected chi connectivity index (χ3v) is 2.56. The molecular formula is C14H22N2O2. The number of oxime groups is 1. The van der Waals surface area contributed by atoms with Gasteiger partial charge in [0.05, 0.1) is 6.61 Å². The van der Waals surface area contributed by atoms with Gasteiger partial charge in [0.15, 0.2) is 0 Å². The minimum absolute atomic E-state index is 0.205. The minimum Gasteiger partial charge on any atom is -0.494 e. The molecule has 1 aromatic carbocycles. The maximum Gasteiger partial charge on any atom is 0.143 e. The number of amidine groups is 1. The molecule has 4 nitrogen and oxygen atoms in total. The van der Waals surface area contributed by atoms with Crippen molar-refractivity contribution in [2.24, 2.45) is 16.3 Å². The van der Waals surface area contributed by atoms with E-state index in [1.807, 2.05) is 24.3 Å². The minimum atomic E-state index is 0.205. The van der Waals surface area contributed by atoms with Crippen molar-refractivity contribution in [1.82, 2.24) is 0 Å². The molecule has 4 heteroatoms. The summed E-state index contributed by atoms with van der Waals surface area (Å²) in [5, 5.41) is 11.4. The highest BCUT2D eigenvalue weighted by Gasteiger charge is 2.09. The molecular weight excluding hydrogens is 228 g/mol. The van der Waals surface area contributed by atoms with Crippen LogP contribution in [0.5, 0.6) is 5.75 Å². The molecule has 0 unspecified atom stereocenters. The van der Waals surface area contributed by atoms with Gasteiger partial charge in [-0.1, -0.05) is 38.1 Å². The Morgan fingerprint density at radius 3 is 2.39 bits per heavy atom. The van der Waals surface area contributed by atoms with Gasteiger partial charge in [0.25, 0.3) is 0 Å². The van der Waals surface area contributed by atoms with Crippen molar-refractivity contribution >= 4 is 5.84 Å². The Hall–Kier alpha value is -1.71. The number of ether oxygens (including phenoxy) is 1. The number of rotatable bonds is 5. The monoisotopic (exact) mass is 250 g/mol. The Kier molecular flexibility index (Phi) is 5.01. The van der Waals surface area contributed by atoms with E-state index in [4.69, 9.17) is 15.7 Å². The van der Waals surface area contributed by atoms with Crippen LogP contribution in [0.1, 0.15) is 32.8 Å². The zero-order valence-electron chi connectivity index (χ0n) is 11.3. The number of nitrogens with two attached hydrogens (primary N) is 1. The second-order valence-corrected chi connectivity index (χ2v) is 5.57. The summed E-state index contributed by atoms with van der Waals surface area (Å²) in [6.07, 6.45) is 1.46. The number of hydrogen-bond acceptors (Lipinski definition) is 3. The van der Waals surface area contributed by atoms with Gasteiger partial charge in [0.1, 0.15) is 11.6 Å². The van der Waals surface area contributed by atoms with Crippen molar-refractivity contribution in [2.75, 3.05) is 6.61 Å². The van der Waals surface area contributed by atoms with E-state index in [-0.39, 0.29) is 11.3 Å². The second kappa shape index (κ2) is 6.28. The van der Waals surface area contributed by atoms with E-state index >= 15 is 0 Å². The van der Waals surface area contributed by atoms with E-state index in [0.29, 0.717) is 13.0 Å². The van der Waals surface area contributed by atoms with E-state index in [2.05, 4.69) is 25.9 Å². The molecule has 0 atom stereocenters. The van der Waals surface area contributed by atoms with Crippen LogP contribution in [0.15, 0.2) is 29.4 Å². The zero-order chi connectivity index (χ0) is 13.6. The maximum atomic E-state index is 8.48. The van der Waals surface area contributed by atoms with Crippen molar-refractivity contribution < 1.29 is 9.94 Å². The summed E-state index contributed by atoms with van der Waals surface area (Å²) in [6.45, 7) is 7.28. The van der Waals surface area contributed by atoms with E-state index in [0.717, 1.165) is 17.7 Å². The van der Waals surface area contributed by atoms with Crippen LogP contribution in [-0.4, -0.2) is 17.6 Å². The molecule has 0 bridgehead atoms. The Morgan fingerprint density at radius 1 is 1.28 bits per heavy atom. The molecule has 0 aliphatic carbocycles. The molecule has 0 saturated carbocycles. The summed E-state index contributed by atoms with van der Waals surface area (Å²) in [5.74, 6) is 1.05. The van der Waals surface area contributed by atoms with Crippen molar-refractivity contribution in [1.29, 1.82) is 0 Å². The smallest absolute Gasteiger partial charge is 0.143 e. The van der Waals surface area contributed by atoms with Crippen molar-refractivity contribution in [3.8, 4) is 5.75 Å². The van der Waals surface area contributed by atoms with Crippen LogP contribution in [0.3, 0.4) is 0 Å². The van der Waals surface area contributed by atoms with Crippen LogP contribution >= 0.6 is 0 Å². The summed E-state index contributed by atoms with van der Waals surface area (Å²) in [7, 11) is 0. The van der Waals surface area contributed by atoms with Gasteiger partial charge in [-0.3, -0.25) is 0 Å². The summed E-state index contributed by atoms with van der Waals surface area (Å²) in [4.78, 5) is 0. The molecule has 0 radical (unpaired) electrons. The summed E-state index contributed by atoms with van der Waals surface area (Å²) in [6, 6.07) is 7.65. The van der Waals surface area contributed by atoms with E-state index in [1.165, 1.54) is 0 Å². The maximum absolute atomic E-state index is 8.48. The molecule has 0 aliphatic rings. The Morgan fingerprint density at radius 2 is 1.89 bits per heavy atom. The normalized spacial score (nSPS) is 12.5. The average Bonchev–Trinajstić information content (AvgIpc) is 2.29. The topological polar surface area (TPSA) is 67.8 Å². The Bertz CT molecular complexity index is 391. The number of hydrogen-bond donors (Lipinski definition) is 2. The van der Waals surface area contributed by atoms with Gasteiger partial charge in [0.2, 0.25) is 0 Å². The molecule has 100 valence electrons. The summed E-state index contributed by atoms with van der Waals surface area (Å²) in [5.41, 5.74) is 6.72. The van der Waals surface area contributed by atoms with Gasteiger partial charge in [0, 0.05) is 6.42 Å². The first-order chi connectivity index (χ1) is 8.40. The van der Waals surface area contributed by atoms with Gasteiger partial charge in [-0.25, -0.2) is 0 Å². The number of benzene rings is 1. The Labute approximate surface area is 108 Å². The average molecular weight is 250 g/mol.